The minimum absolute atomic E-state index is 0.145. The summed E-state index contributed by atoms with van der Waals surface area (Å²) < 4.78 is 10.3. The SMILES string of the molecule is CCO/C(N)=N/NCOCC[Si](C)(C)C. The monoisotopic (exact) mass is 233 g/mol. The molecular weight excluding hydrogens is 210 g/mol. The molecule has 0 atom stereocenters. The van der Waals surface area contributed by atoms with Gasteiger partial charge in [-0.1, -0.05) is 19.6 Å². The van der Waals surface area contributed by atoms with Crippen LogP contribution in [0.25, 0.3) is 0 Å². The lowest BCUT2D eigenvalue weighted by molar-refractivity contribution is 0.128. The first-order chi connectivity index (χ1) is 6.95. The van der Waals surface area contributed by atoms with E-state index in [-0.39, 0.29) is 6.02 Å². The van der Waals surface area contributed by atoms with Crippen LogP contribution in [-0.4, -0.2) is 34.0 Å². The Labute approximate surface area is 93.0 Å². The van der Waals surface area contributed by atoms with E-state index in [0.29, 0.717) is 13.3 Å². The van der Waals surface area contributed by atoms with Gasteiger partial charge in [-0.15, -0.1) is 5.10 Å². The first kappa shape index (κ1) is 14.2. The largest absolute Gasteiger partial charge is 0.464 e. The quantitative estimate of drug-likeness (QED) is 0.173. The van der Waals surface area contributed by atoms with Crippen LogP contribution < -0.4 is 11.2 Å². The Kier molecular flexibility index (Phi) is 7.15. The van der Waals surface area contributed by atoms with Crippen molar-refractivity contribution in [1.82, 2.24) is 5.43 Å². The molecule has 0 unspecified atom stereocenters. The van der Waals surface area contributed by atoms with E-state index in [0.717, 1.165) is 12.7 Å². The van der Waals surface area contributed by atoms with E-state index in [2.05, 4.69) is 30.2 Å². The van der Waals surface area contributed by atoms with Crippen molar-refractivity contribution in [2.75, 3.05) is 19.9 Å². The molecule has 0 saturated heterocycles. The smallest absolute Gasteiger partial charge is 0.303 e. The van der Waals surface area contributed by atoms with Crippen molar-refractivity contribution in [3.8, 4) is 0 Å². The third-order valence-corrected chi connectivity index (χ3v) is 3.35. The molecule has 0 aliphatic carbocycles. The molecule has 0 aromatic rings. The fraction of sp³-hybridized carbons (Fsp3) is 0.889. The van der Waals surface area contributed by atoms with Crippen molar-refractivity contribution >= 4 is 14.1 Å². The van der Waals surface area contributed by atoms with Crippen LogP contribution in [0.4, 0.5) is 0 Å². The molecule has 0 bridgehead atoms. The Hall–Kier alpha value is -0.753. The van der Waals surface area contributed by atoms with Gasteiger partial charge >= 0.3 is 6.02 Å². The molecule has 0 spiro atoms. The van der Waals surface area contributed by atoms with Crippen molar-refractivity contribution in [2.45, 2.75) is 32.6 Å². The standard InChI is InChI=1S/C9H23N3O2Si/c1-5-14-9(10)12-11-8-13-6-7-15(2,3)4/h11H,5-8H2,1-4H3,(H2,10,12). The van der Waals surface area contributed by atoms with Crippen molar-refractivity contribution < 1.29 is 9.47 Å². The highest BCUT2D eigenvalue weighted by Gasteiger charge is 2.11. The Bertz CT molecular complexity index is 192. The number of nitrogens with zero attached hydrogens (tertiary/aromatic N) is 1. The highest BCUT2D eigenvalue weighted by Crippen LogP contribution is 2.06. The number of rotatable bonds is 7. The summed E-state index contributed by atoms with van der Waals surface area (Å²) in [7, 11) is -0.990. The van der Waals surface area contributed by atoms with Gasteiger partial charge in [0.05, 0.1) is 6.61 Å². The molecule has 5 nitrogen and oxygen atoms in total. The summed E-state index contributed by atoms with van der Waals surface area (Å²) in [6, 6.07) is 1.30. The zero-order valence-corrected chi connectivity index (χ0v) is 11.2. The lowest BCUT2D eigenvalue weighted by atomic mass is 10.8. The number of hydrogen-bond acceptors (Lipinski definition) is 4. The number of amidine groups is 1. The topological polar surface area (TPSA) is 68.9 Å². The van der Waals surface area contributed by atoms with Crippen LogP contribution in [0.15, 0.2) is 5.10 Å². The van der Waals surface area contributed by atoms with Crippen LogP contribution in [0.5, 0.6) is 0 Å². The molecule has 0 amide bonds. The van der Waals surface area contributed by atoms with Crippen LogP contribution >= 0.6 is 0 Å². The average molecular weight is 233 g/mol. The molecule has 0 heterocycles. The molecule has 6 heteroatoms. The molecule has 0 aliphatic heterocycles. The molecule has 0 rings (SSSR count). The summed E-state index contributed by atoms with van der Waals surface area (Å²) >= 11 is 0. The molecule has 0 aromatic carbocycles. The summed E-state index contributed by atoms with van der Waals surface area (Å²) in [6.45, 7) is 10.5. The second-order valence-electron chi connectivity index (χ2n) is 4.40. The van der Waals surface area contributed by atoms with Crippen molar-refractivity contribution in [3.05, 3.63) is 0 Å². The molecule has 0 radical (unpaired) electrons. The fourth-order valence-electron chi connectivity index (χ4n) is 0.787. The summed E-state index contributed by atoms with van der Waals surface area (Å²) in [5.74, 6) is 0. The summed E-state index contributed by atoms with van der Waals surface area (Å²) in [6.07, 6.45) is 0. The van der Waals surface area contributed by atoms with Gasteiger partial charge < -0.3 is 15.2 Å². The summed E-state index contributed by atoms with van der Waals surface area (Å²) in [5.41, 5.74) is 8.07. The number of ether oxygens (including phenoxy) is 2. The van der Waals surface area contributed by atoms with Crippen LogP contribution in [-0.2, 0) is 9.47 Å². The zero-order chi connectivity index (χ0) is 11.7. The van der Waals surface area contributed by atoms with Gasteiger partial charge in [0.1, 0.15) is 6.73 Å². The first-order valence-electron chi connectivity index (χ1n) is 5.22. The van der Waals surface area contributed by atoms with Gasteiger partial charge in [0.25, 0.3) is 0 Å². The molecule has 0 aliphatic rings. The number of hydrazone groups is 1. The highest BCUT2D eigenvalue weighted by atomic mass is 28.3. The van der Waals surface area contributed by atoms with Gasteiger partial charge in [0, 0.05) is 14.7 Å². The Morgan fingerprint density at radius 3 is 2.60 bits per heavy atom. The van der Waals surface area contributed by atoms with E-state index in [1.807, 2.05) is 6.92 Å². The highest BCUT2D eigenvalue weighted by molar-refractivity contribution is 6.76. The second kappa shape index (κ2) is 7.53. The van der Waals surface area contributed by atoms with Gasteiger partial charge in [-0.2, -0.15) is 0 Å². The van der Waals surface area contributed by atoms with E-state index in [4.69, 9.17) is 15.2 Å². The van der Waals surface area contributed by atoms with Gasteiger partial charge in [-0.05, 0) is 13.0 Å². The van der Waals surface area contributed by atoms with E-state index in [1.165, 1.54) is 0 Å². The maximum absolute atomic E-state index is 5.38. The van der Waals surface area contributed by atoms with E-state index >= 15 is 0 Å². The molecule has 0 fully saturated rings. The van der Waals surface area contributed by atoms with Crippen LogP contribution in [0.2, 0.25) is 25.7 Å². The molecular formula is C9H23N3O2Si. The Morgan fingerprint density at radius 1 is 1.40 bits per heavy atom. The maximum atomic E-state index is 5.38. The third-order valence-electron chi connectivity index (χ3n) is 1.64. The Morgan fingerprint density at radius 2 is 2.07 bits per heavy atom. The van der Waals surface area contributed by atoms with Crippen molar-refractivity contribution in [3.63, 3.8) is 0 Å². The van der Waals surface area contributed by atoms with Crippen molar-refractivity contribution in [1.29, 1.82) is 0 Å². The molecule has 3 N–H and O–H groups in total. The fourth-order valence-corrected chi connectivity index (χ4v) is 1.54. The second-order valence-corrected chi connectivity index (χ2v) is 10.0. The summed E-state index contributed by atoms with van der Waals surface area (Å²) in [4.78, 5) is 0. The number of nitrogens with one attached hydrogen (secondary N) is 1. The van der Waals surface area contributed by atoms with E-state index < -0.39 is 8.07 Å². The van der Waals surface area contributed by atoms with Crippen molar-refractivity contribution in [2.24, 2.45) is 10.8 Å². The van der Waals surface area contributed by atoms with E-state index in [1.54, 1.807) is 0 Å². The predicted octanol–water partition coefficient (Wildman–Crippen LogP) is 1.15. The van der Waals surface area contributed by atoms with E-state index in [9.17, 15) is 0 Å². The predicted molar refractivity (Wildman–Crippen MR) is 65.4 cm³/mol. The molecule has 0 aromatic heterocycles. The third kappa shape index (κ3) is 11.2. The van der Waals surface area contributed by atoms with Crippen LogP contribution in [0.1, 0.15) is 6.92 Å². The lowest BCUT2D eigenvalue weighted by Crippen LogP contribution is -2.25. The summed E-state index contributed by atoms with van der Waals surface area (Å²) in [5, 5.41) is 3.76. The van der Waals surface area contributed by atoms with Gasteiger partial charge in [-0.3, -0.25) is 5.43 Å². The average Bonchev–Trinajstić information content (AvgIpc) is 2.09. The zero-order valence-electron chi connectivity index (χ0n) is 10.2. The minimum atomic E-state index is -0.990. The van der Waals surface area contributed by atoms with Gasteiger partial charge in [0.2, 0.25) is 0 Å². The lowest BCUT2D eigenvalue weighted by Gasteiger charge is -2.15. The number of nitrogens with two attached hydrogens (primary N) is 1. The first-order valence-corrected chi connectivity index (χ1v) is 8.93. The van der Waals surface area contributed by atoms with Crippen LogP contribution in [0, 0.1) is 0 Å². The molecule has 0 saturated carbocycles. The molecule has 90 valence electrons. The van der Waals surface area contributed by atoms with Gasteiger partial charge in [-0.25, -0.2) is 0 Å². The molecule has 15 heavy (non-hydrogen) atoms. The Balaban J connectivity index is 3.36. The van der Waals surface area contributed by atoms with Crippen LogP contribution in [0.3, 0.4) is 0 Å². The minimum Gasteiger partial charge on any atom is -0.464 e. The van der Waals surface area contributed by atoms with Gasteiger partial charge in [0.15, 0.2) is 0 Å². The normalized spacial score (nSPS) is 12.7. The maximum Gasteiger partial charge on any atom is 0.303 e. The number of hydrogen-bond donors (Lipinski definition) is 2.